The summed E-state index contributed by atoms with van der Waals surface area (Å²) in [6.45, 7) is 1.90. The Bertz CT molecular complexity index is 997. The first-order valence-electron chi connectivity index (χ1n) is 8.37. The minimum absolute atomic E-state index is 0.108. The van der Waals surface area contributed by atoms with Gasteiger partial charge in [-0.1, -0.05) is 47.0 Å². The summed E-state index contributed by atoms with van der Waals surface area (Å²) < 4.78 is 0. The number of anilines is 1. The lowest BCUT2D eigenvalue weighted by Crippen LogP contribution is -2.15. The molecule has 3 aromatic carbocycles. The van der Waals surface area contributed by atoms with E-state index in [0.717, 1.165) is 11.1 Å². The molecule has 0 saturated heterocycles. The Morgan fingerprint density at radius 2 is 1.59 bits per heavy atom. The molecule has 3 rings (SSSR count). The van der Waals surface area contributed by atoms with E-state index in [-0.39, 0.29) is 18.1 Å². The van der Waals surface area contributed by atoms with Gasteiger partial charge in [0.15, 0.2) is 5.78 Å². The van der Waals surface area contributed by atoms with Crippen molar-refractivity contribution in [3.8, 4) is 0 Å². The van der Waals surface area contributed by atoms with Gasteiger partial charge in [-0.3, -0.25) is 9.59 Å². The van der Waals surface area contributed by atoms with Crippen LogP contribution in [0.2, 0.25) is 10.0 Å². The molecule has 0 aromatic heterocycles. The van der Waals surface area contributed by atoms with Gasteiger partial charge in [-0.15, -0.1) is 0 Å². The number of nitrogens with one attached hydrogen (secondary N) is 1. The third kappa shape index (κ3) is 4.97. The van der Waals surface area contributed by atoms with Gasteiger partial charge in [-0.05, 0) is 61.0 Å². The molecule has 3 nitrogen and oxygen atoms in total. The first-order chi connectivity index (χ1) is 12.9. The Labute approximate surface area is 167 Å². The van der Waals surface area contributed by atoms with Crippen LogP contribution < -0.4 is 5.32 Å². The maximum Gasteiger partial charge on any atom is 0.228 e. The molecule has 1 amide bonds. The molecular formula is C22H17Cl2NO2. The van der Waals surface area contributed by atoms with Crippen LogP contribution in [0.4, 0.5) is 5.69 Å². The number of carbonyl (C=O) groups excluding carboxylic acids is 2. The third-order valence-electron chi connectivity index (χ3n) is 4.02. The molecule has 0 spiro atoms. The van der Waals surface area contributed by atoms with E-state index in [1.54, 1.807) is 54.6 Å². The van der Waals surface area contributed by atoms with Crippen LogP contribution in [0.3, 0.4) is 0 Å². The van der Waals surface area contributed by atoms with Gasteiger partial charge < -0.3 is 5.32 Å². The van der Waals surface area contributed by atoms with Crippen LogP contribution in [0.25, 0.3) is 0 Å². The van der Waals surface area contributed by atoms with Crippen molar-refractivity contribution in [2.75, 3.05) is 5.32 Å². The highest BCUT2D eigenvalue weighted by Crippen LogP contribution is 2.21. The second-order valence-corrected chi connectivity index (χ2v) is 7.09. The van der Waals surface area contributed by atoms with Gasteiger partial charge >= 0.3 is 0 Å². The van der Waals surface area contributed by atoms with Crippen molar-refractivity contribution in [2.24, 2.45) is 0 Å². The lowest BCUT2D eigenvalue weighted by Gasteiger charge is -2.09. The van der Waals surface area contributed by atoms with Gasteiger partial charge in [0.25, 0.3) is 0 Å². The molecule has 0 unspecified atom stereocenters. The van der Waals surface area contributed by atoms with Crippen LogP contribution in [0.1, 0.15) is 27.0 Å². The van der Waals surface area contributed by atoms with Crippen LogP contribution in [0.15, 0.2) is 66.7 Å². The molecule has 0 aliphatic rings. The van der Waals surface area contributed by atoms with Crippen LogP contribution in [-0.2, 0) is 11.2 Å². The molecule has 0 aliphatic heterocycles. The van der Waals surface area contributed by atoms with Gasteiger partial charge in [0.1, 0.15) is 0 Å². The molecule has 0 heterocycles. The van der Waals surface area contributed by atoms with Crippen molar-refractivity contribution < 1.29 is 9.59 Å². The Morgan fingerprint density at radius 1 is 0.889 bits per heavy atom. The number of carbonyl (C=O) groups is 2. The highest BCUT2D eigenvalue weighted by atomic mass is 35.5. The molecule has 136 valence electrons. The van der Waals surface area contributed by atoms with Crippen molar-refractivity contribution in [3.63, 3.8) is 0 Å². The predicted octanol–water partition coefficient (Wildman–Crippen LogP) is 5.71. The van der Waals surface area contributed by atoms with Gasteiger partial charge in [0, 0.05) is 16.1 Å². The van der Waals surface area contributed by atoms with Gasteiger partial charge in [-0.2, -0.15) is 0 Å². The fourth-order valence-electron chi connectivity index (χ4n) is 2.81. The number of halogens is 2. The predicted molar refractivity (Wildman–Crippen MR) is 110 cm³/mol. The second-order valence-electron chi connectivity index (χ2n) is 6.25. The highest BCUT2D eigenvalue weighted by Gasteiger charge is 2.13. The first kappa shape index (κ1) is 19.2. The number of rotatable bonds is 5. The van der Waals surface area contributed by atoms with Gasteiger partial charge in [-0.25, -0.2) is 0 Å². The molecule has 0 bridgehead atoms. The van der Waals surface area contributed by atoms with Crippen LogP contribution in [0, 0.1) is 6.92 Å². The average molecular weight is 398 g/mol. The standard InChI is InChI=1S/C22H17Cl2NO2/c1-14-10-15(13-21(26)25-20-5-3-2-4-19(20)24)12-17(11-14)22(27)16-6-8-18(23)9-7-16/h2-12H,13H2,1H3,(H,25,26). The third-order valence-corrected chi connectivity index (χ3v) is 4.60. The van der Waals surface area contributed by atoms with Crippen molar-refractivity contribution in [3.05, 3.63) is 99.0 Å². The van der Waals surface area contributed by atoms with E-state index in [9.17, 15) is 9.59 Å². The van der Waals surface area contributed by atoms with E-state index in [4.69, 9.17) is 23.2 Å². The quantitative estimate of drug-likeness (QED) is 0.560. The molecule has 27 heavy (non-hydrogen) atoms. The summed E-state index contributed by atoms with van der Waals surface area (Å²) in [5.41, 5.74) is 3.33. The molecule has 0 saturated carbocycles. The largest absolute Gasteiger partial charge is 0.324 e. The Balaban J connectivity index is 1.79. The minimum Gasteiger partial charge on any atom is -0.324 e. The molecule has 0 radical (unpaired) electrons. The molecule has 0 fully saturated rings. The fourth-order valence-corrected chi connectivity index (χ4v) is 3.11. The summed E-state index contributed by atoms with van der Waals surface area (Å²) in [5.74, 6) is -0.304. The summed E-state index contributed by atoms with van der Waals surface area (Å²) in [6.07, 6.45) is 0.147. The average Bonchev–Trinajstić information content (AvgIpc) is 2.63. The minimum atomic E-state index is -0.196. The number of ketones is 1. The summed E-state index contributed by atoms with van der Waals surface area (Å²) in [6, 6.07) is 19.3. The molecule has 5 heteroatoms. The lowest BCUT2D eigenvalue weighted by atomic mass is 9.98. The summed E-state index contributed by atoms with van der Waals surface area (Å²) in [4.78, 5) is 25.1. The van der Waals surface area contributed by atoms with Crippen molar-refractivity contribution in [1.29, 1.82) is 0 Å². The highest BCUT2D eigenvalue weighted by molar-refractivity contribution is 6.33. The maximum absolute atomic E-state index is 12.7. The summed E-state index contributed by atoms with van der Waals surface area (Å²) in [5, 5.41) is 3.85. The van der Waals surface area contributed by atoms with Crippen molar-refractivity contribution in [1.82, 2.24) is 0 Å². The maximum atomic E-state index is 12.7. The zero-order valence-electron chi connectivity index (χ0n) is 14.6. The van der Waals surface area contributed by atoms with Crippen LogP contribution >= 0.6 is 23.2 Å². The number of hydrogen-bond acceptors (Lipinski definition) is 2. The van der Waals surface area contributed by atoms with Gasteiger partial charge in [0.2, 0.25) is 5.91 Å². The number of amides is 1. The normalized spacial score (nSPS) is 10.5. The zero-order valence-corrected chi connectivity index (χ0v) is 16.1. The first-order valence-corrected chi connectivity index (χ1v) is 9.13. The van der Waals surface area contributed by atoms with Crippen molar-refractivity contribution in [2.45, 2.75) is 13.3 Å². The Kier molecular flexibility index (Phi) is 5.94. The smallest absolute Gasteiger partial charge is 0.228 e. The molecule has 1 N–H and O–H groups in total. The zero-order chi connectivity index (χ0) is 19.4. The van der Waals surface area contributed by atoms with Crippen molar-refractivity contribution >= 4 is 40.6 Å². The SMILES string of the molecule is Cc1cc(CC(=O)Nc2ccccc2Cl)cc(C(=O)c2ccc(Cl)cc2)c1. The Morgan fingerprint density at radius 3 is 2.30 bits per heavy atom. The summed E-state index contributed by atoms with van der Waals surface area (Å²) in [7, 11) is 0. The van der Waals surface area contributed by atoms with E-state index < -0.39 is 0 Å². The van der Waals surface area contributed by atoms with Crippen LogP contribution in [-0.4, -0.2) is 11.7 Å². The lowest BCUT2D eigenvalue weighted by molar-refractivity contribution is -0.115. The number of aryl methyl sites for hydroxylation is 1. The Hall–Kier alpha value is -2.62. The van der Waals surface area contributed by atoms with Gasteiger partial charge in [0.05, 0.1) is 17.1 Å². The second kappa shape index (κ2) is 8.38. The van der Waals surface area contributed by atoms with E-state index in [0.29, 0.717) is 26.9 Å². The topological polar surface area (TPSA) is 46.2 Å². The van der Waals surface area contributed by atoms with E-state index in [2.05, 4.69) is 5.32 Å². The molecule has 0 aliphatic carbocycles. The van der Waals surface area contributed by atoms with E-state index in [1.807, 2.05) is 19.1 Å². The number of para-hydroxylation sites is 1. The summed E-state index contributed by atoms with van der Waals surface area (Å²) >= 11 is 12.0. The van der Waals surface area contributed by atoms with E-state index in [1.165, 1.54) is 0 Å². The fraction of sp³-hybridized carbons (Fsp3) is 0.0909. The van der Waals surface area contributed by atoms with E-state index >= 15 is 0 Å². The number of benzene rings is 3. The molecular weight excluding hydrogens is 381 g/mol. The molecule has 3 aromatic rings. The molecule has 0 atom stereocenters. The van der Waals surface area contributed by atoms with Crippen LogP contribution in [0.5, 0.6) is 0 Å². The number of hydrogen-bond donors (Lipinski definition) is 1. The monoisotopic (exact) mass is 397 g/mol.